The molecule has 1 atom stereocenters. The first-order chi connectivity index (χ1) is 10.8. The first kappa shape index (κ1) is 14.6. The Bertz CT molecular complexity index is 766. The minimum atomic E-state index is 0.287. The van der Waals surface area contributed by atoms with Crippen LogP contribution in [-0.2, 0) is 6.54 Å². The van der Waals surface area contributed by atoms with Gasteiger partial charge in [-0.25, -0.2) is 0 Å². The molecule has 0 bridgehead atoms. The summed E-state index contributed by atoms with van der Waals surface area (Å²) >= 11 is 0. The molecule has 112 valence electrons. The number of ether oxygens (including phenoxy) is 1. The molecule has 3 rings (SSSR count). The summed E-state index contributed by atoms with van der Waals surface area (Å²) in [5.41, 5.74) is 2.48. The summed E-state index contributed by atoms with van der Waals surface area (Å²) in [6.45, 7) is 2.98. The predicted molar refractivity (Wildman–Crippen MR) is 92.2 cm³/mol. The second-order valence-electron chi connectivity index (χ2n) is 5.52. The molecule has 3 aromatic rings. The van der Waals surface area contributed by atoms with Gasteiger partial charge in [0.25, 0.3) is 0 Å². The van der Waals surface area contributed by atoms with Crippen molar-refractivity contribution in [2.45, 2.75) is 19.5 Å². The predicted octanol–water partition coefficient (Wildman–Crippen LogP) is 4.70. The lowest BCUT2D eigenvalue weighted by atomic mass is 10.0. The molecule has 0 saturated carbocycles. The van der Waals surface area contributed by atoms with Gasteiger partial charge in [0, 0.05) is 18.2 Å². The van der Waals surface area contributed by atoms with E-state index in [9.17, 15) is 0 Å². The Kier molecular flexibility index (Phi) is 4.40. The van der Waals surface area contributed by atoms with Crippen LogP contribution in [0.5, 0.6) is 5.75 Å². The average molecular weight is 291 g/mol. The fourth-order valence-electron chi connectivity index (χ4n) is 2.71. The van der Waals surface area contributed by atoms with Gasteiger partial charge in [-0.1, -0.05) is 54.6 Å². The third-order valence-electron chi connectivity index (χ3n) is 4.06. The third kappa shape index (κ3) is 3.12. The maximum atomic E-state index is 5.40. The third-order valence-corrected chi connectivity index (χ3v) is 4.06. The molecule has 1 N–H and O–H groups in total. The number of fused-ring (bicyclic) bond motifs is 1. The number of rotatable bonds is 5. The van der Waals surface area contributed by atoms with Gasteiger partial charge in [0.15, 0.2) is 0 Å². The molecule has 0 heterocycles. The van der Waals surface area contributed by atoms with Crippen LogP contribution in [0.3, 0.4) is 0 Å². The summed E-state index contributed by atoms with van der Waals surface area (Å²) in [4.78, 5) is 0. The molecule has 2 heteroatoms. The van der Waals surface area contributed by atoms with E-state index in [4.69, 9.17) is 4.74 Å². The van der Waals surface area contributed by atoms with Gasteiger partial charge in [-0.05, 0) is 35.4 Å². The van der Waals surface area contributed by atoms with E-state index < -0.39 is 0 Å². The topological polar surface area (TPSA) is 21.3 Å². The molecule has 2 nitrogen and oxygen atoms in total. The van der Waals surface area contributed by atoms with Crippen molar-refractivity contribution in [3.05, 3.63) is 77.9 Å². The molecule has 22 heavy (non-hydrogen) atoms. The summed E-state index contributed by atoms with van der Waals surface area (Å²) in [5.74, 6) is 0.931. The van der Waals surface area contributed by atoms with Gasteiger partial charge in [-0.2, -0.15) is 0 Å². The Balaban J connectivity index is 1.74. The monoisotopic (exact) mass is 291 g/mol. The van der Waals surface area contributed by atoms with Crippen LogP contribution in [0.2, 0.25) is 0 Å². The van der Waals surface area contributed by atoms with Crippen LogP contribution < -0.4 is 10.1 Å². The Morgan fingerprint density at radius 1 is 0.909 bits per heavy atom. The molecule has 0 aliphatic rings. The maximum Gasteiger partial charge on any atom is 0.123 e. The van der Waals surface area contributed by atoms with Crippen LogP contribution >= 0.6 is 0 Å². The lowest BCUT2D eigenvalue weighted by Gasteiger charge is -2.16. The number of hydrogen-bond acceptors (Lipinski definition) is 2. The van der Waals surface area contributed by atoms with Crippen molar-refractivity contribution in [2.75, 3.05) is 7.11 Å². The van der Waals surface area contributed by atoms with Gasteiger partial charge in [0.2, 0.25) is 0 Å². The van der Waals surface area contributed by atoms with E-state index in [1.54, 1.807) is 7.11 Å². The van der Waals surface area contributed by atoms with Gasteiger partial charge >= 0.3 is 0 Å². The van der Waals surface area contributed by atoms with Gasteiger partial charge in [-0.15, -0.1) is 0 Å². The quantitative estimate of drug-likeness (QED) is 0.735. The minimum absolute atomic E-state index is 0.287. The highest BCUT2D eigenvalue weighted by atomic mass is 16.5. The number of methoxy groups -OCH3 is 1. The summed E-state index contributed by atoms with van der Waals surface area (Å²) in [7, 11) is 1.71. The minimum Gasteiger partial charge on any atom is -0.496 e. The van der Waals surface area contributed by atoms with Crippen molar-refractivity contribution < 1.29 is 4.74 Å². The number of nitrogens with one attached hydrogen (secondary N) is 1. The lowest BCUT2D eigenvalue weighted by Crippen LogP contribution is -2.18. The zero-order valence-electron chi connectivity index (χ0n) is 13.0. The molecule has 0 spiro atoms. The molecule has 0 aliphatic carbocycles. The molecule has 3 aromatic carbocycles. The van der Waals surface area contributed by atoms with Crippen LogP contribution in [0.4, 0.5) is 0 Å². The Morgan fingerprint density at radius 3 is 2.45 bits per heavy atom. The maximum absolute atomic E-state index is 5.40. The Labute approximate surface area is 131 Å². The van der Waals surface area contributed by atoms with Gasteiger partial charge < -0.3 is 10.1 Å². The van der Waals surface area contributed by atoms with Gasteiger partial charge in [0.05, 0.1) is 7.11 Å². The van der Waals surface area contributed by atoms with E-state index in [1.165, 1.54) is 21.9 Å². The first-order valence-electron chi connectivity index (χ1n) is 7.62. The fourth-order valence-corrected chi connectivity index (χ4v) is 2.71. The van der Waals surface area contributed by atoms with Crippen molar-refractivity contribution >= 4 is 10.8 Å². The van der Waals surface area contributed by atoms with Crippen molar-refractivity contribution in [1.29, 1.82) is 0 Å². The Morgan fingerprint density at radius 2 is 1.64 bits per heavy atom. The largest absolute Gasteiger partial charge is 0.496 e. The van der Waals surface area contributed by atoms with Crippen molar-refractivity contribution in [3.8, 4) is 5.75 Å². The normalized spacial score (nSPS) is 12.3. The standard InChI is InChI=1S/C20H21NO/c1-15(21-14-19-9-5-6-10-20(19)22-2)17-12-11-16-7-3-4-8-18(16)13-17/h3-13,15,21H,14H2,1-2H3. The van der Waals surface area contributed by atoms with E-state index >= 15 is 0 Å². The van der Waals surface area contributed by atoms with Crippen LogP contribution in [0.15, 0.2) is 66.7 Å². The molecule has 0 aliphatic heterocycles. The van der Waals surface area contributed by atoms with E-state index in [2.05, 4.69) is 60.8 Å². The van der Waals surface area contributed by atoms with Crippen LogP contribution in [0.1, 0.15) is 24.1 Å². The summed E-state index contributed by atoms with van der Waals surface area (Å²) < 4.78 is 5.40. The zero-order valence-corrected chi connectivity index (χ0v) is 13.0. The zero-order chi connectivity index (χ0) is 15.4. The summed E-state index contributed by atoms with van der Waals surface area (Å²) in [6.07, 6.45) is 0. The highest BCUT2D eigenvalue weighted by molar-refractivity contribution is 5.83. The van der Waals surface area contributed by atoms with Crippen molar-refractivity contribution in [2.24, 2.45) is 0 Å². The highest BCUT2D eigenvalue weighted by Gasteiger charge is 2.07. The van der Waals surface area contributed by atoms with Crippen molar-refractivity contribution in [1.82, 2.24) is 5.32 Å². The fraction of sp³-hybridized carbons (Fsp3) is 0.200. The SMILES string of the molecule is COc1ccccc1CNC(C)c1ccc2ccccc2c1. The van der Waals surface area contributed by atoms with Crippen molar-refractivity contribution in [3.63, 3.8) is 0 Å². The van der Waals surface area contributed by atoms with Crippen LogP contribution in [-0.4, -0.2) is 7.11 Å². The van der Waals surface area contributed by atoms with Crippen LogP contribution in [0, 0.1) is 0 Å². The average Bonchev–Trinajstić information content (AvgIpc) is 2.59. The second-order valence-corrected chi connectivity index (χ2v) is 5.52. The van der Waals surface area contributed by atoms with E-state index in [0.717, 1.165) is 12.3 Å². The summed E-state index contributed by atoms with van der Waals surface area (Å²) in [6, 6.07) is 23.5. The Hall–Kier alpha value is -2.32. The number of benzene rings is 3. The van der Waals surface area contributed by atoms with E-state index in [-0.39, 0.29) is 6.04 Å². The number of para-hydroxylation sites is 1. The van der Waals surface area contributed by atoms with Crippen LogP contribution in [0.25, 0.3) is 10.8 Å². The molecule has 1 unspecified atom stereocenters. The smallest absolute Gasteiger partial charge is 0.123 e. The van der Waals surface area contributed by atoms with E-state index in [1.807, 2.05) is 18.2 Å². The molecule has 0 fully saturated rings. The lowest BCUT2D eigenvalue weighted by molar-refractivity contribution is 0.406. The second kappa shape index (κ2) is 6.63. The van der Waals surface area contributed by atoms with E-state index in [0.29, 0.717) is 0 Å². The molecule has 0 radical (unpaired) electrons. The summed E-state index contributed by atoms with van der Waals surface area (Å²) in [5, 5.41) is 6.14. The molecule has 0 aromatic heterocycles. The number of hydrogen-bond donors (Lipinski definition) is 1. The molecule has 0 saturated heterocycles. The molecular weight excluding hydrogens is 270 g/mol. The molecular formula is C20H21NO. The molecule has 0 amide bonds. The highest BCUT2D eigenvalue weighted by Crippen LogP contribution is 2.22. The first-order valence-corrected chi connectivity index (χ1v) is 7.62. The van der Waals surface area contributed by atoms with Gasteiger partial charge in [-0.3, -0.25) is 0 Å². The van der Waals surface area contributed by atoms with Gasteiger partial charge in [0.1, 0.15) is 5.75 Å².